The topological polar surface area (TPSA) is 57.6 Å². The number of benzene rings is 1. The molecule has 0 saturated carbocycles. The summed E-state index contributed by atoms with van der Waals surface area (Å²) in [5.41, 5.74) is 0. The average Bonchev–Trinajstić information content (AvgIpc) is 2.16. The highest BCUT2D eigenvalue weighted by molar-refractivity contribution is 7.89. The van der Waals surface area contributed by atoms with Gasteiger partial charge >= 0.3 is 6.30 Å². The number of hydrogen-bond donors (Lipinski definition) is 1. The van der Waals surface area contributed by atoms with Crippen molar-refractivity contribution in [1.29, 1.82) is 0 Å². The quantitative estimate of drug-likeness (QED) is 0.631. The van der Waals surface area contributed by atoms with E-state index in [1.807, 2.05) is 0 Å². The zero-order valence-corrected chi connectivity index (χ0v) is 7.96. The van der Waals surface area contributed by atoms with Crippen LogP contribution in [0.25, 0.3) is 0 Å². The molecular formula is C7H6F3NO3S. The molecule has 1 aromatic carbocycles. The average molecular weight is 241 g/mol. The molecule has 0 spiro atoms. The second kappa shape index (κ2) is 3.80. The van der Waals surface area contributed by atoms with Crippen molar-refractivity contribution in [2.75, 3.05) is 0 Å². The zero-order valence-electron chi connectivity index (χ0n) is 7.14. The largest absolute Gasteiger partial charge is 0.497 e. The van der Waals surface area contributed by atoms with Crippen LogP contribution in [-0.4, -0.2) is 24.4 Å². The molecule has 0 amide bonds. The van der Waals surface area contributed by atoms with Crippen molar-refractivity contribution in [1.82, 2.24) is 4.47 Å². The smallest absolute Gasteiger partial charge is 0.292 e. The van der Waals surface area contributed by atoms with E-state index in [0.29, 0.717) is 0 Å². The third-order valence-corrected chi connectivity index (χ3v) is 3.02. The van der Waals surface area contributed by atoms with Crippen LogP contribution in [0, 0.1) is 0 Å². The van der Waals surface area contributed by atoms with E-state index in [4.69, 9.17) is 5.21 Å². The predicted molar refractivity (Wildman–Crippen MR) is 43.3 cm³/mol. The molecule has 1 N–H and O–H groups in total. The number of halogens is 3. The lowest BCUT2D eigenvalue weighted by Gasteiger charge is -2.17. The molecule has 0 aliphatic carbocycles. The van der Waals surface area contributed by atoms with Crippen LogP contribution in [0.4, 0.5) is 13.2 Å². The monoisotopic (exact) mass is 241 g/mol. The van der Waals surface area contributed by atoms with Crippen molar-refractivity contribution in [2.45, 2.75) is 11.2 Å². The normalized spacial score (nSPS) is 13.1. The molecule has 0 atom stereocenters. The van der Waals surface area contributed by atoms with Gasteiger partial charge in [-0.3, -0.25) is 5.21 Å². The minimum atomic E-state index is -5.35. The van der Waals surface area contributed by atoms with Gasteiger partial charge in [-0.2, -0.15) is 13.2 Å². The molecular weight excluding hydrogens is 235 g/mol. The van der Waals surface area contributed by atoms with Gasteiger partial charge in [0.15, 0.2) is 0 Å². The van der Waals surface area contributed by atoms with Crippen molar-refractivity contribution in [3.63, 3.8) is 0 Å². The Balaban J connectivity index is 3.16. The summed E-state index contributed by atoms with van der Waals surface area (Å²) in [6.45, 7) is 0. The zero-order chi connectivity index (χ0) is 11.7. The molecule has 0 saturated heterocycles. The van der Waals surface area contributed by atoms with Gasteiger partial charge in [0.05, 0.1) is 4.90 Å². The van der Waals surface area contributed by atoms with E-state index in [-0.39, 0.29) is 0 Å². The summed E-state index contributed by atoms with van der Waals surface area (Å²) < 4.78 is 56.4. The molecule has 0 aliphatic rings. The Bertz CT molecular complexity index is 429. The van der Waals surface area contributed by atoms with Crippen LogP contribution in [0.15, 0.2) is 35.2 Å². The van der Waals surface area contributed by atoms with Crippen LogP contribution in [0.2, 0.25) is 0 Å². The minimum Gasteiger partial charge on any atom is -0.292 e. The summed E-state index contributed by atoms with van der Waals surface area (Å²) >= 11 is 0. The van der Waals surface area contributed by atoms with Gasteiger partial charge in [-0.15, -0.1) is 0 Å². The minimum absolute atomic E-state index is 0.634. The maximum Gasteiger partial charge on any atom is 0.497 e. The van der Waals surface area contributed by atoms with E-state index in [9.17, 15) is 21.6 Å². The first-order chi connectivity index (χ1) is 6.76. The summed E-state index contributed by atoms with van der Waals surface area (Å²) in [4.78, 5) is -0.634. The van der Waals surface area contributed by atoms with Gasteiger partial charge in [0.1, 0.15) is 0 Å². The first-order valence-corrected chi connectivity index (χ1v) is 5.06. The van der Waals surface area contributed by atoms with Crippen LogP contribution in [0.1, 0.15) is 0 Å². The fourth-order valence-electron chi connectivity index (χ4n) is 0.829. The van der Waals surface area contributed by atoms with E-state index < -0.39 is 25.7 Å². The molecule has 0 heterocycles. The van der Waals surface area contributed by atoms with Crippen LogP contribution < -0.4 is 0 Å². The molecule has 0 bridgehead atoms. The van der Waals surface area contributed by atoms with Gasteiger partial charge < -0.3 is 0 Å². The maximum absolute atomic E-state index is 11.9. The lowest BCUT2D eigenvalue weighted by atomic mass is 10.4. The predicted octanol–water partition coefficient (Wildman–Crippen LogP) is 1.59. The second-order valence-electron chi connectivity index (χ2n) is 2.53. The fourth-order valence-corrected chi connectivity index (χ4v) is 1.80. The van der Waals surface area contributed by atoms with Crippen molar-refractivity contribution < 1.29 is 26.8 Å². The summed E-state index contributed by atoms with van der Waals surface area (Å²) in [6.07, 6.45) is -5.35. The molecule has 0 fully saturated rings. The molecule has 0 aromatic heterocycles. The first kappa shape index (κ1) is 12.0. The van der Waals surface area contributed by atoms with Gasteiger partial charge in [-0.1, -0.05) is 18.2 Å². The van der Waals surface area contributed by atoms with Crippen molar-refractivity contribution in [3.05, 3.63) is 30.3 Å². The Kier molecular flexibility index (Phi) is 3.03. The molecule has 0 radical (unpaired) electrons. The number of nitrogens with zero attached hydrogens (tertiary/aromatic N) is 1. The van der Waals surface area contributed by atoms with Crippen LogP contribution in [-0.2, 0) is 10.0 Å². The molecule has 1 rings (SSSR count). The number of sulfonamides is 1. The second-order valence-corrected chi connectivity index (χ2v) is 4.30. The van der Waals surface area contributed by atoms with E-state index >= 15 is 0 Å². The highest BCUT2D eigenvalue weighted by atomic mass is 32.2. The van der Waals surface area contributed by atoms with Crippen LogP contribution in [0.5, 0.6) is 0 Å². The molecule has 4 nitrogen and oxygen atoms in total. The van der Waals surface area contributed by atoms with Crippen LogP contribution in [0.3, 0.4) is 0 Å². The molecule has 84 valence electrons. The lowest BCUT2D eigenvalue weighted by Crippen LogP contribution is -2.39. The van der Waals surface area contributed by atoms with E-state index in [2.05, 4.69) is 0 Å². The van der Waals surface area contributed by atoms with Gasteiger partial charge in [0, 0.05) is 4.47 Å². The summed E-state index contributed by atoms with van der Waals surface area (Å²) in [6, 6.07) is 5.83. The standard InChI is InChI=1S/C7H6F3NO3S/c8-7(9,10)11(12)15(13,14)6-4-2-1-3-5-6/h1-5,12H. The molecule has 8 heteroatoms. The highest BCUT2D eigenvalue weighted by Crippen LogP contribution is 2.26. The number of hydroxylamine groups is 1. The first-order valence-electron chi connectivity index (χ1n) is 3.62. The molecule has 0 unspecified atom stereocenters. The van der Waals surface area contributed by atoms with Gasteiger partial charge in [0.25, 0.3) is 10.0 Å². The number of hydrogen-bond acceptors (Lipinski definition) is 3. The molecule has 15 heavy (non-hydrogen) atoms. The van der Waals surface area contributed by atoms with Crippen molar-refractivity contribution in [2.24, 2.45) is 0 Å². The van der Waals surface area contributed by atoms with E-state index in [1.54, 1.807) is 0 Å². The Morgan fingerprint density at radius 1 is 1.13 bits per heavy atom. The fraction of sp³-hybridized carbons (Fsp3) is 0.143. The van der Waals surface area contributed by atoms with Crippen molar-refractivity contribution >= 4 is 10.0 Å². The Morgan fingerprint density at radius 2 is 1.60 bits per heavy atom. The van der Waals surface area contributed by atoms with E-state index in [1.165, 1.54) is 18.2 Å². The third kappa shape index (κ3) is 2.46. The Hall–Kier alpha value is -1.12. The SMILES string of the molecule is O=S(=O)(c1ccccc1)N(O)C(F)(F)F. The van der Waals surface area contributed by atoms with Crippen LogP contribution >= 0.6 is 0 Å². The Labute approximate surface area is 83.6 Å². The number of rotatable bonds is 2. The number of alkyl halides is 3. The van der Waals surface area contributed by atoms with Gasteiger partial charge in [-0.05, 0) is 12.1 Å². The summed E-state index contributed by atoms with van der Waals surface area (Å²) in [5.74, 6) is 0. The maximum atomic E-state index is 11.9. The summed E-state index contributed by atoms with van der Waals surface area (Å²) in [5, 5.41) is 8.49. The van der Waals surface area contributed by atoms with Gasteiger partial charge in [0.2, 0.25) is 0 Å². The van der Waals surface area contributed by atoms with Gasteiger partial charge in [-0.25, -0.2) is 8.42 Å². The molecule has 0 aliphatic heterocycles. The highest BCUT2D eigenvalue weighted by Gasteiger charge is 2.46. The third-order valence-electron chi connectivity index (χ3n) is 1.49. The molecule has 1 aromatic rings. The van der Waals surface area contributed by atoms with E-state index in [0.717, 1.165) is 12.1 Å². The van der Waals surface area contributed by atoms with Crippen molar-refractivity contribution in [3.8, 4) is 0 Å². The Morgan fingerprint density at radius 3 is 2.00 bits per heavy atom. The lowest BCUT2D eigenvalue weighted by molar-refractivity contribution is -0.303. The summed E-state index contributed by atoms with van der Waals surface area (Å²) in [7, 11) is -4.93.